The Hall–Kier alpha value is 2.19. The summed E-state index contributed by atoms with van der Waals surface area (Å²) in [5, 5.41) is 27.4. The Morgan fingerprint density at radius 3 is 0.687 bits per heavy atom. The van der Waals surface area contributed by atoms with Crippen LogP contribution in [-0.4, -0.2) is 54.8 Å². The van der Waals surface area contributed by atoms with E-state index < -0.39 is 5.41 Å². The third-order valence-electron chi connectivity index (χ3n) is 11.9. The number of nitriles is 3. The summed E-state index contributed by atoms with van der Waals surface area (Å²) >= 11 is 45.2. The lowest BCUT2D eigenvalue weighted by Gasteiger charge is -2.32. The molecule has 0 aromatic heterocycles. The van der Waals surface area contributed by atoms with E-state index in [2.05, 4.69) is 135 Å². The Bertz CT molecular complexity index is 2980. The van der Waals surface area contributed by atoms with Crippen LogP contribution in [0.1, 0.15) is 59.6 Å². The molecule has 3 nitrogen and oxygen atoms in total. The fourth-order valence-corrected chi connectivity index (χ4v) is 40.8. The van der Waals surface area contributed by atoms with Gasteiger partial charge in [-0.3, -0.25) is 0 Å². The van der Waals surface area contributed by atoms with E-state index >= 15 is 0 Å². The van der Waals surface area contributed by atoms with Gasteiger partial charge in [-0.15, -0.1) is 141 Å². The van der Waals surface area contributed by atoms with Crippen LogP contribution in [-0.2, 0) is 22.7 Å². The molecule has 0 atom stereocenters. The predicted molar refractivity (Wildman–Crippen MR) is 422 cm³/mol. The molecule has 27 heteroatoms. The zero-order valence-corrected chi connectivity index (χ0v) is 65.0. The monoisotopic (exact) mass is 1530 g/mol. The van der Waals surface area contributed by atoms with E-state index in [1.807, 2.05) is 282 Å². The number of benzene rings is 3. The van der Waals surface area contributed by atoms with E-state index in [1.54, 1.807) is 0 Å². The summed E-state index contributed by atoms with van der Waals surface area (Å²) in [6, 6.07) is 35.2. The molecule has 0 amide bonds. The van der Waals surface area contributed by atoms with E-state index in [4.69, 9.17) is 15.8 Å². The standard InChI is InChI=1S/C56H51N3S24/c1-56(35-17-11-32(12-18-35)29-69-47-41(63-5)75-53(81-47)50-72-38(60-2)44(78-50)66-26-8-23-57,36-19-13-33(14-20-36)30-70-48-42(64-6)76-54(82-48)51-73-39(61-3)45(79-51)67-27-9-24-58)37-21-15-34(16-22-37)31-71-49-43(65-7)77-55(83-49)52-74-40(62-4)46(80-52)68-28-10-25-59/h11-22H,8-10,26-31H2,1-7H3/b53-50-,54-51-,55-52-. The molecule has 0 unspecified atom stereocenters. The first-order chi connectivity index (χ1) is 40.6. The van der Waals surface area contributed by atoms with Crippen molar-refractivity contribution in [3.05, 3.63) is 182 Å². The molecule has 0 saturated heterocycles. The van der Waals surface area contributed by atoms with Crippen molar-refractivity contribution in [2.24, 2.45) is 0 Å². The molecule has 6 heterocycles. The van der Waals surface area contributed by atoms with Gasteiger partial charge in [-0.25, -0.2) is 0 Å². The molecule has 3 aromatic carbocycles. The minimum absolute atomic E-state index is 0.401. The molecular formula is C56H51N3S24. The van der Waals surface area contributed by atoms with Crippen LogP contribution in [0.15, 0.2) is 149 Å². The van der Waals surface area contributed by atoms with E-state index in [0.717, 1.165) is 34.5 Å². The van der Waals surface area contributed by atoms with E-state index in [-0.39, 0.29) is 0 Å². The first kappa shape index (κ1) is 69.5. The molecule has 0 radical (unpaired) electrons. The summed E-state index contributed by atoms with van der Waals surface area (Å²) in [7, 11) is 0. The van der Waals surface area contributed by atoms with Crippen LogP contribution in [0, 0.1) is 34.0 Å². The summed E-state index contributed by atoms with van der Waals surface area (Å²) in [4.78, 5) is 0. The quantitative estimate of drug-likeness (QED) is 0.0537. The third-order valence-corrected chi connectivity index (χ3v) is 45.9. The fourth-order valence-electron chi connectivity index (χ4n) is 7.73. The van der Waals surface area contributed by atoms with Crippen LogP contribution < -0.4 is 0 Å². The molecule has 9 rings (SSSR count). The minimum atomic E-state index is -0.401. The van der Waals surface area contributed by atoms with E-state index in [9.17, 15) is 0 Å². The van der Waals surface area contributed by atoms with Crippen LogP contribution in [0.2, 0.25) is 0 Å². The largest absolute Gasteiger partial charge is 0.198 e. The topological polar surface area (TPSA) is 71.4 Å². The molecule has 3 aromatic rings. The highest BCUT2D eigenvalue weighted by atomic mass is 32.3. The molecule has 6 aliphatic rings. The van der Waals surface area contributed by atoms with Gasteiger partial charge in [0.1, 0.15) is 0 Å². The highest BCUT2D eigenvalue weighted by molar-refractivity contribution is 8.47. The third kappa shape index (κ3) is 18.3. The maximum absolute atomic E-state index is 9.14. The summed E-state index contributed by atoms with van der Waals surface area (Å²) in [6.07, 6.45) is 14.8. The summed E-state index contributed by atoms with van der Waals surface area (Å²) < 4.78 is 24.6. The maximum Gasteiger partial charge on any atom is 0.0717 e. The lowest BCUT2D eigenvalue weighted by Crippen LogP contribution is -2.25. The summed E-state index contributed by atoms with van der Waals surface area (Å²) in [5.74, 6) is 5.20. The van der Waals surface area contributed by atoms with Gasteiger partial charge < -0.3 is 0 Å². The molecular weight excluding hydrogens is 1480 g/mol. The molecule has 434 valence electrons. The first-order valence-electron chi connectivity index (χ1n) is 24.8. The number of hydrogen-bond donors (Lipinski definition) is 0. The van der Waals surface area contributed by atoms with Crippen molar-refractivity contribution in [1.82, 2.24) is 0 Å². The Labute approximate surface area is 593 Å². The molecule has 0 fully saturated rings. The molecule has 0 saturated carbocycles. The van der Waals surface area contributed by atoms with Crippen LogP contribution in [0.3, 0.4) is 0 Å². The van der Waals surface area contributed by atoms with Crippen molar-refractivity contribution < 1.29 is 0 Å². The average Bonchev–Trinajstić information content (AvgIpc) is 4.54. The molecule has 0 aliphatic carbocycles. The summed E-state index contributed by atoms with van der Waals surface area (Å²) in [5.41, 5.74) is 7.38. The van der Waals surface area contributed by atoms with Gasteiger partial charge in [0.25, 0.3) is 0 Å². The fraction of sp³-hybridized carbons (Fsp3) is 0.304. The highest BCUT2D eigenvalue weighted by Gasteiger charge is 2.35. The second kappa shape index (κ2) is 35.5. The second-order valence-corrected chi connectivity index (χ2v) is 45.0. The van der Waals surface area contributed by atoms with Crippen molar-refractivity contribution in [1.29, 1.82) is 15.8 Å². The zero-order chi connectivity index (χ0) is 58.3. The number of nitrogens with zero attached hydrogens (tertiary/aromatic N) is 3. The predicted octanol–water partition coefficient (Wildman–Crippen LogP) is 25.9. The Morgan fingerprint density at radius 1 is 0.301 bits per heavy atom. The minimum Gasteiger partial charge on any atom is -0.198 e. The highest BCUT2D eigenvalue weighted by Crippen LogP contribution is 2.69. The molecule has 0 bridgehead atoms. The molecule has 0 N–H and O–H groups in total. The van der Waals surface area contributed by atoms with Crippen LogP contribution in [0.25, 0.3) is 0 Å². The summed E-state index contributed by atoms with van der Waals surface area (Å²) in [6.45, 7) is 2.41. The number of thioether (sulfide) groups is 24. The van der Waals surface area contributed by atoms with Crippen LogP contribution in [0.5, 0.6) is 0 Å². The maximum atomic E-state index is 9.14. The van der Waals surface area contributed by atoms with E-state index in [1.165, 1.54) is 110 Å². The van der Waals surface area contributed by atoms with Gasteiger partial charge in [0.2, 0.25) is 0 Å². The molecule has 83 heavy (non-hydrogen) atoms. The van der Waals surface area contributed by atoms with Crippen molar-refractivity contribution in [3.8, 4) is 18.2 Å². The lowest BCUT2D eigenvalue weighted by molar-refractivity contribution is 0.691. The Balaban J connectivity index is 0.903. The van der Waals surface area contributed by atoms with Crippen molar-refractivity contribution >= 4 is 282 Å². The Kier molecular flexibility index (Phi) is 29.7. The van der Waals surface area contributed by atoms with Gasteiger partial charge in [0.05, 0.1) is 94.5 Å². The molecule has 0 spiro atoms. The number of rotatable bonds is 27. The Morgan fingerprint density at radius 2 is 0.494 bits per heavy atom. The average molecular weight is 1540 g/mol. The smallest absolute Gasteiger partial charge is 0.0717 e. The van der Waals surface area contributed by atoms with E-state index in [0.29, 0.717) is 19.3 Å². The van der Waals surface area contributed by atoms with Gasteiger partial charge >= 0.3 is 0 Å². The van der Waals surface area contributed by atoms with Gasteiger partial charge in [-0.05, 0) is 77.8 Å². The normalized spacial score (nSPS) is 20.4. The van der Waals surface area contributed by atoms with Crippen molar-refractivity contribution in [2.45, 2.75) is 48.9 Å². The number of hydrogen-bond acceptors (Lipinski definition) is 27. The second-order valence-electron chi connectivity index (χ2n) is 17.0. The first-order valence-corrected chi connectivity index (χ1v) is 47.8. The van der Waals surface area contributed by atoms with Gasteiger partial charge in [-0.1, -0.05) is 214 Å². The van der Waals surface area contributed by atoms with Crippen LogP contribution >= 0.6 is 282 Å². The van der Waals surface area contributed by atoms with Gasteiger partial charge in [0.15, 0.2) is 0 Å². The lowest BCUT2D eigenvalue weighted by atomic mass is 9.71. The zero-order valence-electron chi connectivity index (χ0n) is 45.4. The van der Waals surface area contributed by atoms with Crippen LogP contribution in [0.4, 0.5) is 0 Å². The van der Waals surface area contributed by atoms with Gasteiger partial charge in [-0.2, -0.15) is 15.8 Å². The van der Waals surface area contributed by atoms with Crippen molar-refractivity contribution in [2.75, 3.05) is 54.8 Å². The van der Waals surface area contributed by atoms with Crippen molar-refractivity contribution in [3.63, 3.8) is 0 Å². The van der Waals surface area contributed by atoms with Gasteiger partial charge in [0, 0.05) is 59.2 Å². The SMILES string of the molecule is CSC1=C(SCCC#N)S/C(=C2/SC(SC)=C(SCc3ccc(C(C)(c4ccc(CSC5=C(SC)S/C(=C6\SC(SC)=C(SCCC#N)S6)S5)cc4)c4ccc(CSC5=C(SC)S/C(=C6\SC(SC)=C(SCCC#N)S6)S5)cc4)cc3)S2)S1. The molecule has 6 aliphatic heterocycles.